The van der Waals surface area contributed by atoms with Crippen LogP contribution in [0.15, 0.2) is 59.2 Å². The number of nitrogens with zero attached hydrogens (tertiary/aromatic N) is 2. The first-order chi connectivity index (χ1) is 13.2. The topological polar surface area (TPSA) is 49.8 Å². The van der Waals surface area contributed by atoms with Crippen LogP contribution in [0.2, 0.25) is 0 Å². The number of rotatable bonds is 5. The van der Waals surface area contributed by atoms with Gasteiger partial charge in [0.1, 0.15) is 11.4 Å². The van der Waals surface area contributed by atoms with Crippen LogP contribution in [0.25, 0.3) is 0 Å². The van der Waals surface area contributed by atoms with Crippen LogP contribution in [-0.2, 0) is 6.18 Å². The summed E-state index contributed by atoms with van der Waals surface area (Å²) < 4.78 is 40.8. The molecule has 1 heterocycles. The van der Waals surface area contributed by atoms with Gasteiger partial charge in [0, 0.05) is 22.0 Å². The lowest BCUT2D eigenvalue weighted by atomic mass is 10.0. The molecule has 8 heteroatoms. The SMILES string of the molecule is CC(C)c1ccc(Nc2ncc(C(F)(F)F)c(Nc3cccc(Br)c3)n2)cc1. The molecule has 0 saturated heterocycles. The Morgan fingerprint density at radius 1 is 0.964 bits per heavy atom. The molecule has 0 spiro atoms. The molecule has 0 aliphatic rings. The van der Waals surface area contributed by atoms with Crippen LogP contribution in [0.4, 0.5) is 36.3 Å². The highest BCUT2D eigenvalue weighted by atomic mass is 79.9. The van der Waals surface area contributed by atoms with Crippen molar-refractivity contribution in [2.45, 2.75) is 25.9 Å². The molecule has 0 fully saturated rings. The number of benzene rings is 2. The normalized spacial score (nSPS) is 11.5. The van der Waals surface area contributed by atoms with Crippen LogP contribution < -0.4 is 10.6 Å². The van der Waals surface area contributed by atoms with Crippen molar-refractivity contribution in [2.24, 2.45) is 0 Å². The molecule has 0 amide bonds. The Bertz CT molecular complexity index is 956. The molecule has 3 rings (SSSR count). The number of halogens is 4. The van der Waals surface area contributed by atoms with Crippen molar-refractivity contribution in [1.82, 2.24) is 9.97 Å². The molecule has 1 aromatic heterocycles. The minimum atomic E-state index is -4.58. The number of hydrogen-bond acceptors (Lipinski definition) is 4. The van der Waals surface area contributed by atoms with Crippen molar-refractivity contribution < 1.29 is 13.2 Å². The molecular formula is C20H18BrF3N4. The van der Waals surface area contributed by atoms with E-state index in [0.717, 1.165) is 16.2 Å². The zero-order valence-corrected chi connectivity index (χ0v) is 16.8. The van der Waals surface area contributed by atoms with Crippen LogP contribution in [0.5, 0.6) is 0 Å². The smallest absolute Gasteiger partial charge is 0.340 e. The molecule has 4 nitrogen and oxygen atoms in total. The molecule has 0 saturated carbocycles. The molecule has 2 aromatic carbocycles. The van der Waals surface area contributed by atoms with Gasteiger partial charge in [-0.3, -0.25) is 0 Å². The van der Waals surface area contributed by atoms with E-state index in [1.165, 1.54) is 0 Å². The van der Waals surface area contributed by atoms with Crippen LogP contribution >= 0.6 is 15.9 Å². The summed E-state index contributed by atoms with van der Waals surface area (Å²) in [6, 6.07) is 14.4. The molecule has 3 aromatic rings. The van der Waals surface area contributed by atoms with E-state index in [2.05, 4.69) is 50.4 Å². The molecular weight excluding hydrogens is 433 g/mol. The average Bonchev–Trinajstić information content (AvgIpc) is 2.61. The van der Waals surface area contributed by atoms with Crippen LogP contribution in [0.1, 0.15) is 30.9 Å². The predicted molar refractivity (Wildman–Crippen MR) is 108 cm³/mol. The van der Waals surface area contributed by atoms with Gasteiger partial charge in [-0.05, 0) is 41.8 Å². The molecule has 2 N–H and O–H groups in total. The van der Waals surface area contributed by atoms with Crippen LogP contribution in [-0.4, -0.2) is 9.97 Å². The number of anilines is 4. The zero-order chi connectivity index (χ0) is 20.3. The molecule has 0 bridgehead atoms. The van der Waals surface area contributed by atoms with E-state index in [-0.39, 0.29) is 11.8 Å². The van der Waals surface area contributed by atoms with Crippen LogP contribution in [0, 0.1) is 0 Å². The van der Waals surface area contributed by atoms with Gasteiger partial charge in [-0.1, -0.05) is 48.0 Å². The molecule has 146 valence electrons. The van der Waals surface area contributed by atoms with Gasteiger partial charge in [0.15, 0.2) is 0 Å². The maximum atomic E-state index is 13.4. The third-order valence-corrected chi connectivity index (χ3v) is 4.51. The number of alkyl halides is 3. The van der Waals surface area contributed by atoms with Gasteiger partial charge in [-0.25, -0.2) is 4.98 Å². The number of aromatic nitrogens is 2. The van der Waals surface area contributed by atoms with Crippen molar-refractivity contribution in [3.8, 4) is 0 Å². The fraction of sp³-hybridized carbons (Fsp3) is 0.200. The van der Waals surface area contributed by atoms with E-state index in [4.69, 9.17) is 0 Å². The first kappa shape index (κ1) is 20.1. The Balaban J connectivity index is 1.90. The summed E-state index contributed by atoms with van der Waals surface area (Å²) in [5.74, 6) is 0.141. The van der Waals surface area contributed by atoms with E-state index in [1.807, 2.05) is 24.3 Å². The van der Waals surface area contributed by atoms with E-state index < -0.39 is 11.7 Å². The molecule has 0 atom stereocenters. The Labute approximate surface area is 169 Å². The lowest BCUT2D eigenvalue weighted by Crippen LogP contribution is -2.12. The maximum Gasteiger partial charge on any atom is 0.421 e. The summed E-state index contributed by atoms with van der Waals surface area (Å²) in [4.78, 5) is 7.87. The van der Waals surface area contributed by atoms with Gasteiger partial charge in [0.25, 0.3) is 0 Å². The second-order valence-electron chi connectivity index (χ2n) is 6.49. The summed E-state index contributed by atoms with van der Waals surface area (Å²) >= 11 is 3.30. The second kappa shape index (κ2) is 8.18. The summed E-state index contributed by atoms with van der Waals surface area (Å²) in [7, 11) is 0. The van der Waals surface area contributed by atoms with Crippen molar-refractivity contribution in [3.05, 3.63) is 70.3 Å². The van der Waals surface area contributed by atoms with Crippen molar-refractivity contribution in [3.63, 3.8) is 0 Å². The highest BCUT2D eigenvalue weighted by Gasteiger charge is 2.35. The quantitative estimate of drug-likeness (QED) is 0.445. The van der Waals surface area contributed by atoms with E-state index >= 15 is 0 Å². The Hall–Kier alpha value is -2.61. The lowest BCUT2D eigenvalue weighted by molar-refractivity contribution is -0.137. The largest absolute Gasteiger partial charge is 0.421 e. The van der Waals surface area contributed by atoms with Crippen molar-refractivity contribution in [2.75, 3.05) is 10.6 Å². The maximum absolute atomic E-state index is 13.4. The Kier molecular flexibility index (Phi) is 5.88. The van der Waals surface area contributed by atoms with E-state index in [1.54, 1.807) is 24.3 Å². The highest BCUT2D eigenvalue weighted by Crippen LogP contribution is 2.35. The van der Waals surface area contributed by atoms with Gasteiger partial charge < -0.3 is 10.6 Å². The Morgan fingerprint density at radius 3 is 2.29 bits per heavy atom. The van der Waals surface area contributed by atoms with Gasteiger partial charge in [-0.15, -0.1) is 0 Å². The average molecular weight is 451 g/mol. The zero-order valence-electron chi connectivity index (χ0n) is 15.2. The second-order valence-corrected chi connectivity index (χ2v) is 7.41. The summed E-state index contributed by atoms with van der Waals surface area (Å²) in [6.45, 7) is 4.17. The van der Waals surface area contributed by atoms with Crippen molar-refractivity contribution in [1.29, 1.82) is 0 Å². The fourth-order valence-corrected chi connectivity index (χ4v) is 2.93. The standard InChI is InChI=1S/C20H18BrF3N4/c1-12(2)13-6-8-15(9-7-13)27-19-25-11-17(20(22,23)24)18(28-19)26-16-5-3-4-14(21)10-16/h3-12H,1-2H3,(H2,25,26,27,28). The minimum absolute atomic E-state index is 0.0720. The monoisotopic (exact) mass is 450 g/mol. The lowest BCUT2D eigenvalue weighted by Gasteiger charge is -2.15. The molecule has 28 heavy (non-hydrogen) atoms. The van der Waals surface area contributed by atoms with Gasteiger partial charge in [0.2, 0.25) is 5.95 Å². The molecule has 0 radical (unpaired) electrons. The summed E-state index contributed by atoms with van der Waals surface area (Å²) in [6.07, 6.45) is -3.80. The summed E-state index contributed by atoms with van der Waals surface area (Å²) in [5.41, 5.74) is 1.40. The predicted octanol–water partition coefficient (Wildman–Crippen LogP) is 6.87. The van der Waals surface area contributed by atoms with Gasteiger partial charge in [-0.2, -0.15) is 18.2 Å². The number of hydrogen-bond donors (Lipinski definition) is 2. The molecule has 0 aliphatic carbocycles. The Morgan fingerprint density at radius 2 is 1.68 bits per heavy atom. The van der Waals surface area contributed by atoms with E-state index in [0.29, 0.717) is 17.3 Å². The highest BCUT2D eigenvalue weighted by molar-refractivity contribution is 9.10. The molecule has 0 aliphatic heterocycles. The van der Waals surface area contributed by atoms with Gasteiger partial charge in [0.05, 0.1) is 0 Å². The number of nitrogens with one attached hydrogen (secondary N) is 2. The minimum Gasteiger partial charge on any atom is -0.340 e. The third-order valence-electron chi connectivity index (χ3n) is 4.02. The fourth-order valence-electron chi connectivity index (χ4n) is 2.53. The van der Waals surface area contributed by atoms with Crippen LogP contribution in [0.3, 0.4) is 0 Å². The first-order valence-electron chi connectivity index (χ1n) is 8.56. The van der Waals surface area contributed by atoms with Crippen molar-refractivity contribution >= 4 is 39.1 Å². The molecule has 0 unspecified atom stereocenters. The van der Waals surface area contributed by atoms with E-state index in [9.17, 15) is 13.2 Å². The first-order valence-corrected chi connectivity index (χ1v) is 9.35. The third kappa shape index (κ3) is 5.01. The summed E-state index contributed by atoms with van der Waals surface area (Å²) in [5, 5.41) is 5.68. The van der Waals surface area contributed by atoms with Gasteiger partial charge >= 0.3 is 6.18 Å².